The number of hydrogen-bond donors (Lipinski definition) is 2. The molecule has 0 aliphatic rings. The molecule has 0 heterocycles. The zero-order valence-electron chi connectivity index (χ0n) is 7.64. The van der Waals surface area contributed by atoms with Crippen molar-refractivity contribution in [1.82, 2.24) is 0 Å². The lowest BCUT2D eigenvalue weighted by Crippen LogP contribution is -2.15. The van der Waals surface area contributed by atoms with Gasteiger partial charge in [-0.1, -0.05) is 24.3 Å². The van der Waals surface area contributed by atoms with Crippen molar-refractivity contribution in [2.45, 2.75) is 18.6 Å². The van der Waals surface area contributed by atoms with Crippen LogP contribution in [0.3, 0.4) is 0 Å². The predicted molar refractivity (Wildman–Crippen MR) is 48.0 cm³/mol. The highest BCUT2D eigenvalue weighted by Crippen LogP contribution is 2.22. The van der Waals surface area contributed by atoms with Crippen molar-refractivity contribution in [2.75, 3.05) is 0 Å². The third-order valence-electron chi connectivity index (χ3n) is 1.96. The van der Waals surface area contributed by atoms with E-state index in [1.54, 1.807) is 0 Å². The van der Waals surface area contributed by atoms with Crippen LogP contribution in [0.25, 0.3) is 0 Å². The van der Waals surface area contributed by atoms with Gasteiger partial charge in [-0.15, -0.1) is 0 Å². The summed E-state index contributed by atoms with van der Waals surface area (Å²) in [5.41, 5.74) is 0.0610. The molecule has 0 saturated heterocycles. The molecule has 0 aromatic heterocycles. The minimum absolute atomic E-state index is 0.169. The molecule has 0 bridgehead atoms. The van der Waals surface area contributed by atoms with Gasteiger partial charge in [-0.05, 0) is 5.56 Å². The summed E-state index contributed by atoms with van der Waals surface area (Å²) in [5, 5.41) is 26.7. The van der Waals surface area contributed by atoms with Crippen LogP contribution < -0.4 is 0 Å². The minimum Gasteiger partial charge on any atom is -0.385 e. The molecule has 0 fully saturated rings. The number of nitrogens with zero attached hydrogens (tertiary/aromatic N) is 1. The molecule has 1 aromatic rings. The monoisotopic (exact) mass is 213 g/mol. The van der Waals surface area contributed by atoms with Gasteiger partial charge in [0.15, 0.2) is 6.10 Å². The Balaban J connectivity index is 2.85. The van der Waals surface area contributed by atoms with E-state index in [9.17, 15) is 13.9 Å². The Labute approximate surface area is 85.2 Å². The number of halogens is 2. The maximum absolute atomic E-state index is 12.2. The number of nitriles is 1. The Morgan fingerprint density at radius 3 is 1.93 bits per heavy atom. The van der Waals surface area contributed by atoms with E-state index in [2.05, 4.69) is 0 Å². The molecule has 0 aliphatic heterocycles. The van der Waals surface area contributed by atoms with Crippen LogP contribution in [0, 0.1) is 11.3 Å². The van der Waals surface area contributed by atoms with Crippen LogP contribution in [0.4, 0.5) is 8.78 Å². The molecule has 3 nitrogen and oxygen atoms in total. The lowest BCUT2D eigenvalue weighted by molar-refractivity contribution is 0.0527. The molecule has 5 heteroatoms. The van der Waals surface area contributed by atoms with Crippen molar-refractivity contribution < 1.29 is 19.0 Å². The first-order chi connectivity index (χ1) is 7.06. The van der Waals surface area contributed by atoms with Crippen molar-refractivity contribution in [3.63, 3.8) is 0 Å². The van der Waals surface area contributed by atoms with Crippen LogP contribution in [-0.2, 0) is 0 Å². The normalized spacial score (nSPS) is 14.7. The molecular formula is C10H9F2NO2. The third-order valence-corrected chi connectivity index (χ3v) is 1.96. The van der Waals surface area contributed by atoms with Gasteiger partial charge in [-0.3, -0.25) is 0 Å². The van der Waals surface area contributed by atoms with Gasteiger partial charge in [0.05, 0.1) is 6.07 Å². The number of aliphatic hydroxyl groups is 2. The summed E-state index contributed by atoms with van der Waals surface area (Å²) in [5.74, 6) is 0. The second-order valence-electron chi connectivity index (χ2n) is 2.99. The van der Waals surface area contributed by atoms with Crippen molar-refractivity contribution in [2.24, 2.45) is 0 Å². The van der Waals surface area contributed by atoms with Crippen LogP contribution in [-0.4, -0.2) is 16.3 Å². The predicted octanol–water partition coefficient (Wildman–Crippen LogP) is 1.54. The second kappa shape index (κ2) is 4.82. The summed E-state index contributed by atoms with van der Waals surface area (Å²) in [7, 11) is 0. The third kappa shape index (κ3) is 2.72. The van der Waals surface area contributed by atoms with E-state index in [1.807, 2.05) is 0 Å². The first-order valence-electron chi connectivity index (χ1n) is 4.20. The quantitative estimate of drug-likeness (QED) is 0.748. The van der Waals surface area contributed by atoms with Crippen LogP contribution in [0.15, 0.2) is 24.3 Å². The van der Waals surface area contributed by atoms with Gasteiger partial charge in [0.2, 0.25) is 0 Å². The molecule has 15 heavy (non-hydrogen) atoms. The lowest BCUT2D eigenvalue weighted by Gasteiger charge is -2.12. The number of hydrogen-bond acceptors (Lipinski definition) is 3. The molecule has 0 amide bonds. The molecule has 0 aliphatic carbocycles. The molecule has 0 spiro atoms. The number of aliphatic hydroxyl groups excluding tert-OH is 2. The Bertz CT molecular complexity index is 359. The van der Waals surface area contributed by atoms with Gasteiger partial charge in [0.1, 0.15) is 6.10 Å². The van der Waals surface area contributed by atoms with Crippen LogP contribution in [0.2, 0.25) is 0 Å². The average molecular weight is 213 g/mol. The van der Waals surface area contributed by atoms with Crippen molar-refractivity contribution in [3.05, 3.63) is 35.4 Å². The first kappa shape index (κ1) is 11.6. The van der Waals surface area contributed by atoms with E-state index in [4.69, 9.17) is 10.4 Å². The zero-order chi connectivity index (χ0) is 11.4. The first-order valence-corrected chi connectivity index (χ1v) is 4.20. The largest absolute Gasteiger partial charge is 0.385 e. The van der Waals surface area contributed by atoms with Crippen LogP contribution >= 0.6 is 0 Å². The van der Waals surface area contributed by atoms with Gasteiger partial charge in [0.25, 0.3) is 6.43 Å². The highest BCUT2D eigenvalue weighted by molar-refractivity contribution is 5.26. The summed E-state index contributed by atoms with van der Waals surface area (Å²) in [6, 6.07) is 6.26. The van der Waals surface area contributed by atoms with E-state index in [0.29, 0.717) is 0 Å². The molecule has 1 aromatic carbocycles. The summed E-state index contributed by atoms with van der Waals surface area (Å²) in [6.07, 6.45) is -5.50. The summed E-state index contributed by atoms with van der Waals surface area (Å²) in [6.45, 7) is 0. The number of rotatable bonds is 3. The van der Waals surface area contributed by atoms with Gasteiger partial charge in [-0.2, -0.15) is 5.26 Å². The molecule has 2 atom stereocenters. The maximum Gasteiger partial charge on any atom is 0.263 e. The van der Waals surface area contributed by atoms with Crippen LogP contribution in [0.1, 0.15) is 23.7 Å². The van der Waals surface area contributed by atoms with E-state index in [0.717, 1.165) is 12.1 Å². The van der Waals surface area contributed by atoms with Gasteiger partial charge in [-0.25, -0.2) is 8.78 Å². The number of alkyl halides is 2. The average Bonchev–Trinajstić information content (AvgIpc) is 2.27. The summed E-state index contributed by atoms with van der Waals surface area (Å²) < 4.78 is 24.3. The van der Waals surface area contributed by atoms with E-state index in [-0.39, 0.29) is 11.1 Å². The molecule has 0 saturated carbocycles. The highest BCUT2D eigenvalue weighted by atomic mass is 19.3. The highest BCUT2D eigenvalue weighted by Gasteiger charge is 2.17. The standard InChI is InChI=1S/C10H9F2NO2/c11-10(12)7-3-1-6(2-4-7)9(15)8(14)5-13/h1-4,8-10,14-15H. The van der Waals surface area contributed by atoms with E-state index in [1.165, 1.54) is 18.2 Å². The van der Waals surface area contributed by atoms with Crippen LogP contribution in [0.5, 0.6) is 0 Å². The van der Waals surface area contributed by atoms with Crippen molar-refractivity contribution >= 4 is 0 Å². The fraction of sp³-hybridized carbons (Fsp3) is 0.300. The Morgan fingerprint density at radius 2 is 1.53 bits per heavy atom. The van der Waals surface area contributed by atoms with Crippen molar-refractivity contribution in [1.29, 1.82) is 5.26 Å². The minimum atomic E-state index is -2.57. The Kier molecular flexibility index (Phi) is 3.72. The SMILES string of the molecule is N#CC(O)C(O)c1ccc(C(F)F)cc1. The molecular weight excluding hydrogens is 204 g/mol. The molecule has 2 N–H and O–H groups in total. The molecule has 2 unspecified atom stereocenters. The topological polar surface area (TPSA) is 64.2 Å². The summed E-state index contributed by atoms with van der Waals surface area (Å²) >= 11 is 0. The van der Waals surface area contributed by atoms with Gasteiger partial charge >= 0.3 is 0 Å². The fourth-order valence-electron chi connectivity index (χ4n) is 1.09. The zero-order valence-corrected chi connectivity index (χ0v) is 7.64. The Morgan fingerprint density at radius 1 is 1.07 bits per heavy atom. The van der Waals surface area contributed by atoms with Gasteiger partial charge < -0.3 is 10.2 Å². The second-order valence-corrected chi connectivity index (χ2v) is 2.99. The maximum atomic E-state index is 12.2. The lowest BCUT2D eigenvalue weighted by atomic mass is 10.0. The summed E-state index contributed by atoms with van der Waals surface area (Å²) in [4.78, 5) is 0. The smallest absolute Gasteiger partial charge is 0.263 e. The Hall–Kier alpha value is -1.51. The number of benzene rings is 1. The van der Waals surface area contributed by atoms with Gasteiger partial charge in [0, 0.05) is 5.56 Å². The van der Waals surface area contributed by atoms with E-state index < -0.39 is 18.6 Å². The fourth-order valence-corrected chi connectivity index (χ4v) is 1.09. The van der Waals surface area contributed by atoms with E-state index >= 15 is 0 Å². The molecule has 80 valence electrons. The molecule has 0 radical (unpaired) electrons. The molecule has 1 rings (SSSR count). The van der Waals surface area contributed by atoms with Crippen molar-refractivity contribution in [3.8, 4) is 6.07 Å².